The summed E-state index contributed by atoms with van der Waals surface area (Å²) in [5, 5.41) is 0.776. The van der Waals surface area contributed by atoms with Crippen LogP contribution in [0.4, 0.5) is 0 Å². The Bertz CT molecular complexity index is 301. The summed E-state index contributed by atoms with van der Waals surface area (Å²) < 4.78 is 5.47. The first-order chi connectivity index (χ1) is 5.77. The van der Waals surface area contributed by atoms with Gasteiger partial charge in [0.2, 0.25) is 0 Å². The minimum absolute atomic E-state index is 0. The number of rotatable bonds is 0. The van der Waals surface area contributed by atoms with Crippen molar-refractivity contribution in [3.63, 3.8) is 0 Å². The summed E-state index contributed by atoms with van der Waals surface area (Å²) in [6.45, 7) is 2.91. The number of ether oxygens (including phenoxy) is 1. The molecule has 1 radical (unpaired) electrons. The van der Waals surface area contributed by atoms with Crippen molar-refractivity contribution in [3.8, 4) is 5.75 Å². The van der Waals surface area contributed by atoms with E-state index in [4.69, 9.17) is 16.3 Å². The summed E-state index contributed by atoms with van der Waals surface area (Å²) >= 11 is 5.87. The van der Waals surface area contributed by atoms with Gasteiger partial charge in [0.25, 0.3) is 0 Å². The zero-order valence-corrected chi connectivity index (χ0v) is 10.8. The van der Waals surface area contributed by atoms with Crippen LogP contribution in [0.25, 0.3) is 0 Å². The van der Waals surface area contributed by atoms with Crippen LogP contribution in [-0.4, -0.2) is 6.61 Å². The van der Waals surface area contributed by atoms with Gasteiger partial charge in [0.15, 0.2) is 0 Å². The first-order valence-electron chi connectivity index (χ1n) is 4.02. The molecule has 0 amide bonds. The second-order valence-corrected chi connectivity index (χ2v) is 3.46. The maximum Gasteiger partial charge on any atom is 0.0648 e. The molecule has 1 aliphatic rings. The molecule has 1 aromatic carbocycles. The van der Waals surface area contributed by atoms with Gasteiger partial charge >= 0.3 is 0 Å². The average molecular weight is 368 g/mol. The van der Waals surface area contributed by atoms with E-state index < -0.39 is 0 Å². The molecule has 0 N–H and O–H groups in total. The SMILES string of the molecule is C[C-]1CCOc2ccc(Cl)cc21.[Re]. The fourth-order valence-corrected chi connectivity index (χ4v) is 1.58. The van der Waals surface area contributed by atoms with Gasteiger partial charge in [-0.2, -0.15) is 5.92 Å². The van der Waals surface area contributed by atoms with E-state index in [0.717, 1.165) is 29.4 Å². The Balaban J connectivity index is 0.000000845. The van der Waals surface area contributed by atoms with Crippen LogP contribution in [-0.2, 0) is 20.4 Å². The summed E-state index contributed by atoms with van der Waals surface area (Å²) in [6.07, 6.45) is 1.01. The Labute approximate surface area is 97.1 Å². The van der Waals surface area contributed by atoms with Gasteiger partial charge in [0.05, 0.1) is 6.61 Å². The quantitative estimate of drug-likeness (QED) is 0.640. The molecule has 0 unspecified atom stereocenters. The van der Waals surface area contributed by atoms with Gasteiger partial charge in [-0.1, -0.05) is 30.7 Å². The molecule has 0 saturated carbocycles. The van der Waals surface area contributed by atoms with Gasteiger partial charge in [-0.25, -0.2) is 0 Å². The summed E-state index contributed by atoms with van der Waals surface area (Å²) in [7, 11) is 0. The zero-order valence-electron chi connectivity index (χ0n) is 7.31. The van der Waals surface area contributed by atoms with Crippen LogP contribution in [0.2, 0.25) is 5.02 Å². The molecule has 71 valence electrons. The van der Waals surface area contributed by atoms with Crippen LogP contribution in [0.3, 0.4) is 0 Å². The molecule has 0 atom stereocenters. The minimum atomic E-state index is 0. The van der Waals surface area contributed by atoms with E-state index in [9.17, 15) is 0 Å². The van der Waals surface area contributed by atoms with Crippen molar-refractivity contribution in [1.29, 1.82) is 0 Å². The van der Waals surface area contributed by atoms with Crippen molar-refractivity contribution in [1.82, 2.24) is 0 Å². The van der Waals surface area contributed by atoms with Gasteiger partial charge in [-0.3, -0.25) is 0 Å². The van der Waals surface area contributed by atoms with E-state index in [-0.39, 0.29) is 20.4 Å². The molecule has 1 heterocycles. The van der Waals surface area contributed by atoms with E-state index in [1.165, 1.54) is 5.92 Å². The molecule has 13 heavy (non-hydrogen) atoms. The molecular weight excluding hydrogens is 358 g/mol. The molecule has 0 spiro atoms. The number of fused-ring (bicyclic) bond motifs is 1. The van der Waals surface area contributed by atoms with E-state index in [1.54, 1.807) is 0 Å². The Hall–Kier alpha value is -0.158. The first kappa shape index (κ1) is 10.9. The maximum absolute atomic E-state index is 5.87. The first-order valence-corrected chi connectivity index (χ1v) is 4.40. The van der Waals surface area contributed by atoms with Crippen LogP contribution < -0.4 is 4.74 Å². The minimum Gasteiger partial charge on any atom is -0.551 e. The van der Waals surface area contributed by atoms with E-state index in [0.29, 0.717) is 0 Å². The number of hydrogen-bond donors (Lipinski definition) is 0. The molecular formula is C10H10ClORe-. The molecule has 2 rings (SSSR count). The van der Waals surface area contributed by atoms with E-state index in [1.807, 2.05) is 18.2 Å². The van der Waals surface area contributed by atoms with E-state index in [2.05, 4.69) is 6.92 Å². The number of hydrogen-bond acceptors (Lipinski definition) is 1. The predicted molar refractivity (Wildman–Crippen MR) is 49.6 cm³/mol. The third-order valence-electron chi connectivity index (χ3n) is 2.14. The van der Waals surface area contributed by atoms with Crippen molar-refractivity contribution in [3.05, 3.63) is 34.7 Å². The molecule has 3 heteroatoms. The predicted octanol–water partition coefficient (Wildman–Crippen LogP) is 3.06. The largest absolute Gasteiger partial charge is 0.551 e. The van der Waals surface area contributed by atoms with Crippen molar-refractivity contribution in [2.45, 2.75) is 13.3 Å². The summed E-state index contributed by atoms with van der Waals surface area (Å²) in [5.74, 6) is 2.32. The summed E-state index contributed by atoms with van der Waals surface area (Å²) in [5.41, 5.74) is 1.16. The van der Waals surface area contributed by atoms with Crippen molar-refractivity contribution in [2.75, 3.05) is 6.61 Å². The second-order valence-electron chi connectivity index (χ2n) is 3.02. The monoisotopic (exact) mass is 368 g/mol. The molecule has 0 saturated heterocycles. The van der Waals surface area contributed by atoms with E-state index >= 15 is 0 Å². The summed E-state index contributed by atoms with van der Waals surface area (Å²) in [6, 6.07) is 5.75. The molecule has 0 aromatic heterocycles. The fourth-order valence-electron chi connectivity index (χ4n) is 1.41. The molecule has 0 bridgehead atoms. The zero-order chi connectivity index (χ0) is 8.55. The average Bonchev–Trinajstić information content (AvgIpc) is 2.07. The van der Waals surface area contributed by atoms with Crippen LogP contribution in [0.1, 0.15) is 18.9 Å². The number of benzene rings is 1. The summed E-state index contributed by atoms with van der Waals surface area (Å²) in [4.78, 5) is 0. The van der Waals surface area contributed by atoms with Crippen LogP contribution in [0.5, 0.6) is 5.75 Å². The fraction of sp³-hybridized carbons (Fsp3) is 0.300. The van der Waals surface area contributed by atoms with Gasteiger partial charge in [0.1, 0.15) is 0 Å². The second kappa shape index (κ2) is 4.37. The normalized spacial score (nSPS) is 14.2. The Kier molecular flexibility index (Phi) is 3.67. The molecule has 0 fully saturated rings. The Morgan fingerprint density at radius 2 is 2.23 bits per heavy atom. The van der Waals surface area contributed by atoms with Crippen molar-refractivity contribution >= 4 is 11.6 Å². The van der Waals surface area contributed by atoms with Crippen molar-refractivity contribution < 1.29 is 25.2 Å². The third kappa shape index (κ3) is 2.20. The molecule has 1 nitrogen and oxygen atoms in total. The van der Waals surface area contributed by atoms with Gasteiger partial charge in [-0.05, 0) is 11.4 Å². The maximum atomic E-state index is 5.87. The molecule has 1 aromatic rings. The van der Waals surface area contributed by atoms with Crippen LogP contribution in [0, 0.1) is 5.92 Å². The molecule has 0 aliphatic carbocycles. The Morgan fingerprint density at radius 3 is 3.00 bits per heavy atom. The van der Waals surface area contributed by atoms with Crippen LogP contribution in [0.15, 0.2) is 18.2 Å². The number of halogens is 1. The topological polar surface area (TPSA) is 9.23 Å². The van der Waals surface area contributed by atoms with Gasteiger partial charge in [0, 0.05) is 26.2 Å². The standard InChI is InChI=1S/C10H10ClO.Re/c1-7-4-5-12-10-3-2-8(11)6-9(7)10;/h2-3,6H,4-5H2,1H3;/q-1;. The Morgan fingerprint density at radius 1 is 1.46 bits per heavy atom. The smallest absolute Gasteiger partial charge is 0.0648 e. The van der Waals surface area contributed by atoms with Crippen molar-refractivity contribution in [2.24, 2.45) is 0 Å². The van der Waals surface area contributed by atoms with Gasteiger partial charge < -0.3 is 4.74 Å². The van der Waals surface area contributed by atoms with Crippen LogP contribution >= 0.6 is 11.6 Å². The third-order valence-corrected chi connectivity index (χ3v) is 2.37. The molecule has 1 aliphatic heterocycles. The van der Waals surface area contributed by atoms with Gasteiger partial charge in [-0.15, -0.1) is 11.6 Å².